The molecule has 2 aromatic carbocycles. The van der Waals surface area contributed by atoms with E-state index in [1.165, 1.54) is 0 Å². The van der Waals surface area contributed by atoms with Gasteiger partial charge in [0, 0.05) is 23.5 Å². The third kappa shape index (κ3) is 2.01. The van der Waals surface area contributed by atoms with E-state index in [2.05, 4.69) is 21.0 Å². The predicted octanol–water partition coefficient (Wildman–Crippen LogP) is 3.00. The van der Waals surface area contributed by atoms with Crippen LogP contribution in [0.15, 0.2) is 59.5 Å². The molecular formula is C17H13N3O. The van der Waals surface area contributed by atoms with E-state index in [4.69, 9.17) is 0 Å². The molecule has 4 heteroatoms. The van der Waals surface area contributed by atoms with Crippen molar-refractivity contribution in [3.8, 4) is 0 Å². The van der Waals surface area contributed by atoms with Crippen molar-refractivity contribution in [3.63, 3.8) is 0 Å². The largest absolute Gasteiger partial charge is 0.361 e. The number of H-pyrrole nitrogens is 2. The lowest BCUT2D eigenvalue weighted by Crippen LogP contribution is -2.12. The number of aromatic amines is 2. The molecule has 2 N–H and O–H groups in total. The summed E-state index contributed by atoms with van der Waals surface area (Å²) in [4.78, 5) is 22.7. The van der Waals surface area contributed by atoms with E-state index in [9.17, 15) is 4.79 Å². The Morgan fingerprint density at radius 1 is 0.952 bits per heavy atom. The van der Waals surface area contributed by atoms with Crippen LogP contribution in [0.25, 0.3) is 21.8 Å². The van der Waals surface area contributed by atoms with Gasteiger partial charge in [-0.1, -0.05) is 30.3 Å². The Kier molecular flexibility index (Phi) is 2.60. The Hall–Kier alpha value is -2.88. The van der Waals surface area contributed by atoms with Crippen molar-refractivity contribution in [1.29, 1.82) is 0 Å². The van der Waals surface area contributed by atoms with Crippen molar-refractivity contribution in [2.75, 3.05) is 0 Å². The van der Waals surface area contributed by atoms with Gasteiger partial charge in [0.15, 0.2) is 0 Å². The highest BCUT2D eigenvalue weighted by Gasteiger charge is 2.07. The van der Waals surface area contributed by atoms with Crippen LogP contribution in [0.5, 0.6) is 0 Å². The zero-order chi connectivity index (χ0) is 14.2. The van der Waals surface area contributed by atoms with Gasteiger partial charge in [0.05, 0.1) is 10.9 Å². The van der Waals surface area contributed by atoms with Crippen LogP contribution >= 0.6 is 0 Å². The van der Waals surface area contributed by atoms with Crippen LogP contribution in [0, 0.1) is 0 Å². The van der Waals surface area contributed by atoms with Gasteiger partial charge in [-0.25, -0.2) is 4.98 Å². The van der Waals surface area contributed by atoms with Gasteiger partial charge in [-0.15, -0.1) is 0 Å². The fraction of sp³-hybridized carbons (Fsp3) is 0.0588. The van der Waals surface area contributed by atoms with Gasteiger partial charge in [-0.2, -0.15) is 0 Å². The van der Waals surface area contributed by atoms with Crippen molar-refractivity contribution < 1.29 is 0 Å². The van der Waals surface area contributed by atoms with Crippen LogP contribution in [0.1, 0.15) is 11.4 Å². The topological polar surface area (TPSA) is 61.5 Å². The molecule has 4 aromatic rings. The van der Waals surface area contributed by atoms with Gasteiger partial charge >= 0.3 is 0 Å². The molecule has 0 aliphatic heterocycles. The molecule has 2 aromatic heterocycles. The van der Waals surface area contributed by atoms with Crippen LogP contribution in [0.4, 0.5) is 0 Å². The lowest BCUT2D eigenvalue weighted by Gasteiger charge is -2.02. The molecule has 0 radical (unpaired) electrons. The van der Waals surface area contributed by atoms with E-state index in [-0.39, 0.29) is 5.56 Å². The molecule has 0 amide bonds. The normalized spacial score (nSPS) is 11.2. The second-order valence-electron chi connectivity index (χ2n) is 5.07. The third-order valence-corrected chi connectivity index (χ3v) is 3.69. The monoisotopic (exact) mass is 275 g/mol. The van der Waals surface area contributed by atoms with Crippen LogP contribution in [0.3, 0.4) is 0 Å². The number of hydrogen-bond donors (Lipinski definition) is 2. The summed E-state index contributed by atoms with van der Waals surface area (Å²) in [5, 5.41) is 1.79. The standard InChI is InChI=1S/C17H13N3O/c21-17-13-6-2-4-8-15(13)19-16(20-17)9-11-10-18-14-7-3-1-5-12(11)14/h1-8,10,18H,9H2,(H,19,20,21). The smallest absolute Gasteiger partial charge is 0.258 e. The minimum absolute atomic E-state index is 0.0876. The van der Waals surface area contributed by atoms with E-state index in [0.29, 0.717) is 17.6 Å². The number of nitrogens with zero attached hydrogens (tertiary/aromatic N) is 1. The summed E-state index contributed by atoms with van der Waals surface area (Å²) >= 11 is 0. The number of aromatic nitrogens is 3. The Bertz CT molecular complexity index is 997. The maximum atomic E-state index is 12.1. The zero-order valence-electron chi connectivity index (χ0n) is 11.3. The molecule has 0 saturated heterocycles. The number of benzene rings is 2. The van der Waals surface area contributed by atoms with Gasteiger partial charge in [0.2, 0.25) is 0 Å². The minimum atomic E-state index is -0.0876. The van der Waals surface area contributed by atoms with Crippen LogP contribution in [0.2, 0.25) is 0 Å². The minimum Gasteiger partial charge on any atom is -0.361 e. The van der Waals surface area contributed by atoms with Crippen LogP contribution < -0.4 is 5.56 Å². The van der Waals surface area contributed by atoms with Crippen molar-refractivity contribution in [1.82, 2.24) is 15.0 Å². The maximum Gasteiger partial charge on any atom is 0.258 e. The molecule has 0 spiro atoms. The molecule has 21 heavy (non-hydrogen) atoms. The van der Waals surface area contributed by atoms with Crippen LogP contribution in [-0.2, 0) is 6.42 Å². The Balaban J connectivity index is 1.82. The van der Waals surface area contributed by atoms with E-state index >= 15 is 0 Å². The molecule has 0 aliphatic rings. The maximum absolute atomic E-state index is 12.1. The van der Waals surface area contributed by atoms with E-state index < -0.39 is 0 Å². The number of rotatable bonds is 2. The first kappa shape index (κ1) is 11.9. The van der Waals surface area contributed by atoms with Crippen molar-refractivity contribution in [2.45, 2.75) is 6.42 Å². The highest BCUT2D eigenvalue weighted by Crippen LogP contribution is 2.19. The molecule has 0 unspecified atom stereocenters. The van der Waals surface area contributed by atoms with Gasteiger partial charge < -0.3 is 9.97 Å². The fourth-order valence-corrected chi connectivity index (χ4v) is 2.68. The molecule has 102 valence electrons. The van der Waals surface area contributed by atoms with Crippen molar-refractivity contribution in [3.05, 3.63) is 76.5 Å². The Labute approximate surface area is 120 Å². The van der Waals surface area contributed by atoms with Crippen molar-refractivity contribution >= 4 is 21.8 Å². The van der Waals surface area contributed by atoms with Crippen LogP contribution in [-0.4, -0.2) is 15.0 Å². The molecule has 4 rings (SSSR count). The first-order chi connectivity index (χ1) is 10.3. The number of fused-ring (bicyclic) bond motifs is 2. The van der Waals surface area contributed by atoms with Gasteiger partial charge in [0.25, 0.3) is 5.56 Å². The summed E-state index contributed by atoms with van der Waals surface area (Å²) in [5.74, 6) is 0.684. The van der Waals surface area contributed by atoms with E-state index in [1.54, 1.807) is 6.07 Å². The number of para-hydroxylation sites is 2. The molecule has 0 saturated carbocycles. The first-order valence-electron chi connectivity index (χ1n) is 6.84. The van der Waals surface area contributed by atoms with E-state index in [0.717, 1.165) is 22.0 Å². The molecule has 0 bridgehead atoms. The second-order valence-corrected chi connectivity index (χ2v) is 5.07. The quantitative estimate of drug-likeness (QED) is 0.590. The molecule has 2 heterocycles. The summed E-state index contributed by atoms with van der Waals surface area (Å²) in [6, 6.07) is 15.5. The Morgan fingerprint density at radius 3 is 2.62 bits per heavy atom. The molecule has 0 fully saturated rings. The molecule has 4 nitrogen and oxygen atoms in total. The third-order valence-electron chi connectivity index (χ3n) is 3.69. The average molecular weight is 275 g/mol. The fourth-order valence-electron chi connectivity index (χ4n) is 2.68. The first-order valence-corrected chi connectivity index (χ1v) is 6.84. The van der Waals surface area contributed by atoms with Gasteiger partial charge in [-0.3, -0.25) is 4.79 Å². The summed E-state index contributed by atoms with van der Waals surface area (Å²) in [5.41, 5.74) is 2.87. The summed E-state index contributed by atoms with van der Waals surface area (Å²) in [6.45, 7) is 0. The SMILES string of the molecule is O=c1[nH]c(Cc2c[nH]c3ccccc23)nc2ccccc12. The Morgan fingerprint density at radius 2 is 1.71 bits per heavy atom. The lowest BCUT2D eigenvalue weighted by atomic mass is 10.1. The average Bonchev–Trinajstić information content (AvgIpc) is 2.91. The van der Waals surface area contributed by atoms with E-state index in [1.807, 2.05) is 42.6 Å². The molecule has 0 atom stereocenters. The molecular weight excluding hydrogens is 262 g/mol. The highest BCUT2D eigenvalue weighted by atomic mass is 16.1. The predicted molar refractivity (Wildman–Crippen MR) is 83.5 cm³/mol. The van der Waals surface area contributed by atoms with Gasteiger partial charge in [-0.05, 0) is 23.8 Å². The lowest BCUT2D eigenvalue weighted by molar-refractivity contribution is 0.978. The van der Waals surface area contributed by atoms with Gasteiger partial charge in [0.1, 0.15) is 5.82 Å². The zero-order valence-corrected chi connectivity index (χ0v) is 11.3. The summed E-state index contributed by atoms with van der Waals surface area (Å²) < 4.78 is 0. The van der Waals surface area contributed by atoms with Crippen molar-refractivity contribution in [2.24, 2.45) is 0 Å². The second kappa shape index (κ2) is 4.59. The number of nitrogens with one attached hydrogen (secondary N) is 2. The number of hydrogen-bond acceptors (Lipinski definition) is 2. The molecule has 0 aliphatic carbocycles. The highest BCUT2D eigenvalue weighted by molar-refractivity contribution is 5.83. The summed E-state index contributed by atoms with van der Waals surface area (Å²) in [7, 11) is 0. The summed E-state index contributed by atoms with van der Waals surface area (Å²) in [6.07, 6.45) is 2.57.